The number of fused-ring (bicyclic) bond motifs is 3. The molecule has 2 aliphatic rings. The Labute approximate surface area is 137 Å². The highest BCUT2D eigenvalue weighted by Crippen LogP contribution is 2.52. The van der Waals surface area contributed by atoms with E-state index in [-0.39, 0.29) is 29.5 Å². The Morgan fingerprint density at radius 2 is 2.09 bits per heavy atom. The third kappa shape index (κ3) is 2.67. The topological polar surface area (TPSA) is 61.8 Å². The van der Waals surface area contributed by atoms with E-state index in [0.717, 1.165) is 17.7 Å². The Morgan fingerprint density at radius 1 is 1.39 bits per heavy atom. The average molecular weight is 318 g/mol. The maximum atomic E-state index is 12.1. The Bertz CT molecular complexity index is 596. The molecule has 3 rings (SSSR count). The van der Waals surface area contributed by atoms with E-state index in [9.17, 15) is 9.90 Å². The van der Waals surface area contributed by atoms with E-state index in [4.69, 9.17) is 4.74 Å². The smallest absolute Gasteiger partial charge is 0.408 e. The quantitative estimate of drug-likeness (QED) is 0.875. The molecule has 1 aromatic rings. The van der Waals surface area contributed by atoms with Crippen molar-refractivity contribution in [3.63, 3.8) is 0 Å². The number of methoxy groups -OCH3 is 1. The van der Waals surface area contributed by atoms with Crippen molar-refractivity contribution in [2.45, 2.75) is 45.3 Å². The van der Waals surface area contributed by atoms with Crippen molar-refractivity contribution < 1.29 is 14.6 Å². The Balaban J connectivity index is 2.08. The molecule has 1 aromatic carbocycles. The third-order valence-electron chi connectivity index (χ3n) is 5.24. The predicted molar refractivity (Wildman–Crippen MR) is 89.7 cm³/mol. The van der Waals surface area contributed by atoms with E-state index in [0.29, 0.717) is 6.61 Å². The number of likely N-dealkylation sites (tertiary alicyclic amines) is 1. The van der Waals surface area contributed by atoms with Crippen molar-refractivity contribution in [3.8, 4) is 0 Å². The van der Waals surface area contributed by atoms with Gasteiger partial charge in [-0.05, 0) is 23.5 Å². The fourth-order valence-corrected chi connectivity index (χ4v) is 4.23. The van der Waals surface area contributed by atoms with E-state index < -0.39 is 6.09 Å². The zero-order chi connectivity index (χ0) is 16.8. The molecule has 0 radical (unpaired) electrons. The number of nitrogens with one attached hydrogen (secondary N) is 1. The second kappa shape index (κ2) is 5.71. The highest BCUT2D eigenvalue weighted by atomic mass is 16.5. The minimum atomic E-state index is -0.828. The van der Waals surface area contributed by atoms with Crippen molar-refractivity contribution in [1.82, 2.24) is 4.90 Å². The zero-order valence-electron chi connectivity index (χ0n) is 14.2. The van der Waals surface area contributed by atoms with Gasteiger partial charge < -0.3 is 15.2 Å². The van der Waals surface area contributed by atoms with Gasteiger partial charge in [0, 0.05) is 24.8 Å². The summed E-state index contributed by atoms with van der Waals surface area (Å²) in [4.78, 5) is 13.7. The first-order chi connectivity index (χ1) is 10.8. The first kappa shape index (κ1) is 16.1. The lowest BCUT2D eigenvalue weighted by atomic mass is 9.79. The van der Waals surface area contributed by atoms with Gasteiger partial charge in [0.05, 0.1) is 18.7 Å². The van der Waals surface area contributed by atoms with Crippen LogP contribution >= 0.6 is 0 Å². The van der Waals surface area contributed by atoms with Crippen LogP contribution in [0.4, 0.5) is 10.5 Å². The maximum Gasteiger partial charge on any atom is 0.408 e. The van der Waals surface area contributed by atoms with Crippen LogP contribution < -0.4 is 5.32 Å². The van der Waals surface area contributed by atoms with Gasteiger partial charge in [-0.25, -0.2) is 4.79 Å². The number of ether oxygens (including phenoxy) is 1. The summed E-state index contributed by atoms with van der Waals surface area (Å²) in [5, 5.41) is 13.5. The highest BCUT2D eigenvalue weighted by Gasteiger charge is 2.53. The number of carbonyl (C=O) groups is 1. The summed E-state index contributed by atoms with van der Waals surface area (Å²) in [6.45, 7) is 6.95. The number of amides is 1. The van der Waals surface area contributed by atoms with Gasteiger partial charge in [-0.3, -0.25) is 4.90 Å². The summed E-state index contributed by atoms with van der Waals surface area (Å²) in [6.07, 6.45) is 0.0285. The van der Waals surface area contributed by atoms with Crippen molar-refractivity contribution in [2.24, 2.45) is 11.3 Å². The molecular weight excluding hydrogens is 292 g/mol. The van der Waals surface area contributed by atoms with E-state index >= 15 is 0 Å². The first-order valence-electron chi connectivity index (χ1n) is 8.20. The molecule has 0 saturated carbocycles. The van der Waals surface area contributed by atoms with Crippen LogP contribution in [0.15, 0.2) is 24.3 Å². The first-order valence-corrected chi connectivity index (χ1v) is 8.20. The molecule has 0 aromatic heterocycles. The van der Waals surface area contributed by atoms with Crippen LogP contribution in [0.5, 0.6) is 0 Å². The van der Waals surface area contributed by atoms with Gasteiger partial charge in [0.1, 0.15) is 0 Å². The number of anilines is 1. The van der Waals surface area contributed by atoms with Gasteiger partial charge in [-0.1, -0.05) is 39.0 Å². The van der Waals surface area contributed by atoms with Crippen LogP contribution in [-0.4, -0.2) is 41.9 Å². The van der Waals surface area contributed by atoms with E-state index in [1.807, 2.05) is 24.3 Å². The van der Waals surface area contributed by atoms with Crippen molar-refractivity contribution in [1.29, 1.82) is 0 Å². The van der Waals surface area contributed by atoms with Crippen LogP contribution in [0.2, 0.25) is 0 Å². The van der Waals surface area contributed by atoms with Crippen LogP contribution in [0.1, 0.15) is 38.8 Å². The monoisotopic (exact) mass is 318 g/mol. The molecule has 2 heterocycles. The van der Waals surface area contributed by atoms with Gasteiger partial charge in [0.25, 0.3) is 0 Å². The Hall–Kier alpha value is -1.75. The molecule has 0 bridgehead atoms. The predicted octanol–water partition coefficient (Wildman–Crippen LogP) is 3.58. The van der Waals surface area contributed by atoms with Crippen LogP contribution in [0.25, 0.3) is 0 Å². The summed E-state index contributed by atoms with van der Waals surface area (Å²) in [5.41, 5.74) is 2.01. The van der Waals surface area contributed by atoms with Gasteiger partial charge in [0.15, 0.2) is 0 Å². The van der Waals surface area contributed by atoms with Crippen LogP contribution in [0.3, 0.4) is 0 Å². The number of para-hydroxylation sites is 1. The normalized spacial score (nSPS) is 29.7. The molecule has 2 N–H and O–H groups in total. The lowest BCUT2D eigenvalue weighted by molar-refractivity contribution is 0.0809. The summed E-state index contributed by atoms with van der Waals surface area (Å²) < 4.78 is 5.39. The highest BCUT2D eigenvalue weighted by molar-refractivity contribution is 5.69. The number of hydrogen-bond donors (Lipinski definition) is 2. The third-order valence-corrected chi connectivity index (χ3v) is 5.24. The van der Waals surface area contributed by atoms with E-state index in [1.165, 1.54) is 0 Å². The molecule has 23 heavy (non-hydrogen) atoms. The summed E-state index contributed by atoms with van der Waals surface area (Å²) in [6, 6.07) is 8.07. The molecule has 5 nitrogen and oxygen atoms in total. The number of benzene rings is 1. The Kier molecular flexibility index (Phi) is 4.00. The minimum Gasteiger partial charge on any atom is -0.465 e. The summed E-state index contributed by atoms with van der Waals surface area (Å²) in [7, 11) is 1.70. The number of hydrogen-bond acceptors (Lipinski definition) is 3. The molecule has 1 saturated heterocycles. The molecule has 2 aliphatic heterocycles. The lowest BCUT2D eigenvalue weighted by Crippen LogP contribution is -2.45. The largest absolute Gasteiger partial charge is 0.465 e. The van der Waals surface area contributed by atoms with Crippen molar-refractivity contribution >= 4 is 11.8 Å². The molecule has 5 heteroatoms. The molecule has 4 atom stereocenters. The minimum absolute atomic E-state index is 0.00214. The molecule has 126 valence electrons. The average Bonchev–Trinajstić information content (AvgIpc) is 2.89. The number of carboxylic acid groups (broad SMARTS) is 1. The van der Waals surface area contributed by atoms with E-state index in [2.05, 4.69) is 26.1 Å². The number of nitrogens with zero attached hydrogens (tertiary/aromatic N) is 1. The van der Waals surface area contributed by atoms with Crippen molar-refractivity contribution in [2.75, 3.05) is 19.0 Å². The standard InChI is InChI=1S/C18H26N2O3/c1-18(2,3)15-9-12-14(10-23-4)19-13-8-6-5-7-11(13)16(12)20(15)17(21)22/h5-8,12,14-16,19H,9-10H2,1-4H3,(H,21,22)/t12-,14+,15?,16+/m1/s1. The lowest BCUT2D eigenvalue weighted by Gasteiger charge is -2.40. The van der Waals surface area contributed by atoms with Crippen LogP contribution in [0, 0.1) is 11.3 Å². The summed E-state index contributed by atoms with van der Waals surface area (Å²) >= 11 is 0. The second-order valence-corrected chi connectivity index (χ2v) is 7.71. The van der Waals surface area contributed by atoms with Gasteiger partial charge in [-0.15, -0.1) is 0 Å². The van der Waals surface area contributed by atoms with E-state index in [1.54, 1.807) is 12.0 Å². The fraction of sp³-hybridized carbons (Fsp3) is 0.611. The molecule has 1 unspecified atom stereocenters. The van der Waals surface area contributed by atoms with Gasteiger partial charge in [-0.2, -0.15) is 0 Å². The molecule has 1 amide bonds. The molecule has 0 spiro atoms. The Morgan fingerprint density at radius 3 is 2.70 bits per heavy atom. The molecular formula is C18H26N2O3. The number of rotatable bonds is 2. The molecule has 0 aliphatic carbocycles. The fourth-order valence-electron chi connectivity index (χ4n) is 4.23. The van der Waals surface area contributed by atoms with Crippen molar-refractivity contribution in [3.05, 3.63) is 29.8 Å². The van der Waals surface area contributed by atoms with Gasteiger partial charge in [0.2, 0.25) is 0 Å². The molecule has 1 fully saturated rings. The maximum absolute atomic E-state index is 12.1. The van der Waals surface area contributed by atoms with Crippen LogP contribution in [-0.2, 0) is 4.74 Å². The zero-order valence-corrected chi connectivity index (χ0v) is 14.2. The summed E-state index contributed by atoms with van der Waals surface area (Å²) in [5.74, 6) is 0.227. The van der Waals surface area contributed by atoms with Gasteiger partial charge >= 0.3 is 6.09 Å². The SMILES string of the molecule is COC[C@@H]1Nc2ccccc2[C@H]2[C@@H]1CC(C(C)(C)C)N2C(=O)O. The second-order valence-electron chi connectivity index (χ2n) is 7.71.